The number of carbonyl (C=O) groups is 1. The Morgan fingerprint density at radius 3 is 2.75 bits per heavy atom. The van der Waals surface area contributed by atoms with Gasteiger partial charge in [-0.1, -0.05) is 31.0 Å². The summed E-state index contributed by atoms with van der Waals surface area (Å²) in [4.78, 5) is 26.6. The largest absolute Gasteiger partial charge is 0.487 e. The topological polar surface area (TPSA) is 58.6 Å². The Hall–Kier alpha value is -2.63. The summed E-state index contributed by atoms with van der Waals surface area (Å²) in [5, 5.41) is 0. The standard InChI is InChI=1S/C22H26N4O2/c1-15-23-19-14-28-20-9-5-2-6-16(20)12-18(19)22(24-15)25-10-11-26(21(27)13-25)17-7-3-4-8-17/h2,5-6,9,17H,3-4,7-8,10-14H2,1H3. The molecule has 1 saturated carbocycles. The Balaban J connectivity index is 1.45. The third kappa shape index (κ3) is 3.11. The predicted molar refractivity (Wildman–Crippen MR) is 107 cm³/mol. The minimum Gasteiger partial charge on any atom is -0.487 e. The van der Waals surface area contributed by atoms with Crippen molar-refractivity contribution in [3.05, 3.63) is 46.9 Å². The highest BCUT2D eigenvalue weighted by Crippen LogP contribution is 2.33. The molecule has 0 radical (unpaired) electrons. The van der Waals surface area contributed by atoms with E-state index in [1.165, 1.54) is 12.8 Å². The minimum atomic E-state index is 0.230. The molecule has 2 aliphatic heterocycles. The van der Waals surface area contributed by atoms with E-state index < -0.39 is 0 Å². The van der Waals surface area contributed by atoms with Gasteiger partial charge in [0.25, 0.3) is 0 Å². The number of hydrogen-bond donors (Lipinski definition) is 0. The van der Waals surface area contributed by atoms with Gasteiger partial charge in [0.2, 0.25) is 5.91 Å². The molecule has 28 heavy (non-hydrogen) atoms. The third-order valence-corrected chi connectivity index (χ3v) is 6.21. The number of benzene rings is 1. The molecule has 6 nitrogen and oxygen atoms in total. The van der Waals surface area contributed by atoms with E-state index in [4.69, 9.17) is 9.72 Å². The van der Waals surface area contributed by atoms with Crippen molar-refractivity contribution in [2.45, 2.75) is 51.7 Å². The molecule has 3 heterocycles. The second kappa shape index (κ2) is 7.08. The number of anilines is 1. The van der Waals surface area contributed by atoms with E-state index in [9.17, 15) is 4.79 Å². The molecule has 0 spiro atoms. The number of hydrogen-bond acceptors (Lipinski definition) is 5. The van der Waals surface area contributed by atoms with E-state index in [0.717, 1.165) is 66.6 Å². The molecule has 1 amide bonds. The van der Waals surface area contributed by atoms with Gasteiger partial charge in [-0.2, -0.15) is 0 Å². The number of aryl methyl sites for hydroxylation is 1. The SMILES string of the molecule is Cc1nc2c(c(N3CCN(C4CCCC4)C(=O)C3)n1)Cc1ccccc1OC2. The lowest BCUT2D eigenvalue weighted by Crippen LogP contribution is -2.54. The molecule has 6 heteroatoms. The first-order chi connectivity index (χ1) is 13.7. The molecule has 1 aromatic carbocycles. The number of piperazine rings is 1. The Labute approximate surface area is 165 Å². The van der Waals surface area contributed by atoms with Crippen molar-refractivity contribution >= 4 is 11.7 Å². The van der Waals surface area contributed by atoms with Gasteiger partial charge in [0.05, 0.1) is 12.2 Å². The van der Waals surface area contributed by atoms with Crippen molar-refractivity contribution in [3.8, 4) is 5.75 Å². The number of nitrogens with zero attached hydrogens (tertiary/aromatic N) is 4. The molecule has 2 aromatic rings. The molecule has 0 atom stereocenters. The van der Waals surface area contributed by atoms with Gasteiger partial charge >= 0.3 is 0 Å². The van der Waals surface area contributed by atoms with Gasteiger partial charge in [-0.3, -0.25) is 4.79 Å². The second-order valence-electron chi connectivity index (χ2n) is 8.04. The van der Waals surface area contributed by atoms with Gasteiger partial charge in [-0.25, -0.2) is 9.97 Å². The zero-order chi connectivity index (χ0) is 19.1. The van der Waals surface area contributed by atoms with Crippen LogP contribution in [-0.4, -0.2) is 46.5 Å². The number of ether oxygens (including phenoxy) is 1. The smallest absolute Gasteiger partial charge is 0.242 e. The number of aromatic nitrogens is 2. The van der Waals surface area contributed by atoms with Crippen LogP contribution in [0.15, 0.2) is 24.3 Å². The van der Waals surface area contributed by atoms with Crippen LogP contribution >= 0.6 is 0 Å². The summed E-state index contributed by atoms with van der Waals surface area (Å²) in [5.74, 6) is 2.77. The van der Waals surface area contributed by atoms with E-state index >= 15 is 0 Å². The normalized spacial score (nSPS) is 19.8. The number of carbonyl (C=O) groups excluding carboxylic acids is 1. The molecular weight excluding hydrogens is 352 g/mol. The average Bonchev–Trinajstić information content (AvgIpc) is 3.16. The summed E-state index contributed by atoms with van der Waals surface area (Å²) in [6, 6.07) is 8.57. The molecule has 0 unspecified atom stereocenters. The van der Waals surface area contributed by atoms with Crippen LogP contribution < -0.4 is 9.64 Å². The van der Waals surface area contributed by atoms with Gasteiger partial charge in [-0.15, -0.1) is 0 Å². The minimum absolute atomic E-state index is 0.230. The Morgan fingerprint density at radius 1 is 1.11 bits per heavy atom. The fourth-order valence-corrected chi connectivity index (χ4v) is 4.80. The molecule has 1 aromatic heterocycles. The molecule has 2 fully saturated rings. The number of rotatable bonds is 2. The summed E-state index contributed by atoms with van der Waals surface area (Å²) < 4.78 is 5.99. The van der Waals surface area contributed by atoms with Crippen molar-refractivity contribution in [1.82, 2.24) is 14.9 Å². The third-order valence-electron chi connectivity index (χ3n) is 6.21. The first-order valence-corrected chi connectivity index (χ1v) is 10.3. The summed E-state index contributed by atoms with van der Waals surface area (Å²) in [5.41, 5.74) is 3.17. The first kappa shape index (κ1) is 17.5. The quantitative estimate of drug-likeness (QED) is 0.804. The Kier molecular flexibility index (Phi) is 4.41. The van der Waals surface area contributed by atoms with Crippen molar-refractivity contribution < 1.29 is 9.53 Å². The van der Waals surface area contributed by atoms with Crippen LogP contribution in [0.25, 0.3) is 0 Å². The van der Waals surface area contributed by atoms with Crippen molar-refractivity contribution in [2.75, 3.05) is 24.5 Å². The predicted octanol–water partition coefficient (Wildman–Crippen LogP) is 2.86. The van der Waals surface area contributed by atoms with E-state index in [1.807, 2.05) is 25.1 Å². The highest BCUT2D eigenvalue weighted by molar-refractivity contribution is 5.83. The van der Waals surface area contributed by atoms with E-state index in [1.54, 1.807) is 0 Å². The lowest BCUT2D eigenvalue weighted by Gasteiger charge is -2.39. The fourth-order valence-electron chi connectivity index (χ4n) is 4.80. The van der Waals surface area contributed by atoms with Gasteiger partial charge in [0, 0.05) is 31.1 Å². The van der Waals surface area contributed by atoms with E-state index in [2.05, 4.69) is 20.9 Å². The highest BCUT2D eigenvalue weighted by atomic mass is 16.5. The molecule has 1 aliphatic carbocycles. The van der Waals surface area contributed by atoms with Gasteiger partial charge in [0.1, 0.15) is 24.0 Å². The van der Waals surface area contributed by atoms with Crippen LogP contribution in [0.2, 0.25) is 0 Å². The van der Waals surface area contributed by atoms with Crippen LogP contribution in [0.5, 0.6) is 5.75 Å². The first-order valence-electron chi connectivity index (χ1n) is 10.3. The highest BCUT2D eigenvalue weighted by Gasteiger charge is 2.33. The zero-order valence-corrected chi connectivity index (χ0v) is 16.4. The Bertz CT molecular complexity index is 907. The molecule has 146 valence electrons. The monoisotopic (exact) mass is 378 g/mol. The van der Waals surface area contributed by atoms with Gasteiger partial charge in [0.15, 0.2) is 0 Å². The molecule has 0 bridgehead atoms. The summed E-state index contributed by atoms with van der Waals surface area (Å²) in [6.07, 6.45) is 5.54. The lowest BCUT2D eigenvalue weighted by molar-refractivity contribution is -0.133. The zero-order valence-electron chi connectivity index (χ0n) is 16.4. The molecule has 1 saturated heterocycles. The summed E-state index contributed by atoms with van der Waals surface area (Å²) in [7, 11) is 0. The fraction of sp³-hybridized carbons (Fsp3) is 0.500. The number of amides is 1. The molecule has 0 N–H and O–H groups in total. The summed E-state index contributed by atoms with van der Waals surface area (Å²) in [6.45, 7) is 4.38. The van der Waals surface area contributed by atoms with E-state index in [-0.39, 0.29) is 5.91 Å². The maximum Gasteiger partial charge on any atom is 0.242 e. The molecule has 3 aliphatic rings. The maximum absolute atomic E-state index is 12.9. The maximum atomic E-state index is 12.9. The lowest BCUT2D eigenvalue weighted by atomic mass is 10.0. The van der Waals surface area contributed by atoms with Crippen LogP contribution in [-0.2, 0) is 17.8 Å². The van der Waals surface area contributed by atoms with Crippen molar-refractivity contribution in [2.24, 2.45) is 0 Å². The summed E-state index contributed by atoms with van der Waals surface area (Å²) >= 11 is 0. The number of para-hydroxylation sites is 1. The van der Waals surface area contributed by atoms with Crippen LogP contribution in [0.4, 0.5) is 5.82 Å². The molecule has 5 rings (SSSR count). The van der Waals surface area contributed by atoms with Crippen LogP contribution in [0.3, 0.4) is 0 Å². The van der Waals surface area contributed by atoms with Crippen LogP contribution in [0.1, 0.15) is 48.3 Å². The van der Waals surface area contributed by atoms with E-state index in [0.29, 0.717) is 19.2 Å². The number of fused-ring (bicyclic) bond motifs is 2. The van der Waals surface area contributed by atoms with Crippen molar-refractivity contribution in [1.29, 1.82) is 0 Å². The van der Waals surface area contributed by atoms with Gasteiger partial charge in [-0.05, 0) is 31.4 Å². The van der Waals surface area contributed by atoms with Gasteiger partial charge < -0.3 is 14.5 Å². The second-order valence-corrected chi connectivity index (χ2v) is 8.04. The molecular formula is C22H26N4O2. The van der Waals surface area contributed by atoms with Crippen LogP contribution in [0, 0.1) is 6.92 Å². The Morgan fingerprint density at radius 2 is 1.93 bits per heavy atom. The van der Waals surface area contributed by atoms with Crippen molar-refractivity contribution in [3.63, 3.8) is 0 Å². The average molecular weight is 378 g/mol.